The number of carbonyl (C=O) groups is 1. The number of hydrogen-bond donors (Lipinski definition) is 6. The lowest BCUT2D eigenvalue weighted by Gasteiger charge is -2.40. The number of nitrogens with one attached hydrogen (secondary N) is 1. The van der Waals surface area contributed by atoms with E-state index in [0.717, 1.165) is 77.0 Å². The Hall–Kier alpha value is -2.11. The summed E-state index contributed by atoms with van der Waals surface area (Å²) in [5.41, 5.74) is 0. The average Bonchev–Trinajstić information content (AvgIpc) is 3.38. The molecule has 1 rings (SSSR count). The van der Waals surface area contributed by atoms with Crippen LogP contribution < -0.4 is 5.32 Å². The van der Waals surface area contributed by atoms with Gasteiger partial charge < -0.3 is 40.3 Å². The second-order valence-corrected chi connectivity index (χ2v) is 21.1. The molecular formula is C63H115NO8. The Morgan fingerprint density at radius 2 is 0.861 bits per heavy atom. The number of amides is 1. The number of allylic oxidation sites excluding steroid dienone is 10. The van der Waals surface area contributed by atoms with E-state index >= 15 is 0 Å². The predicted octanol–water partition coefficient (Wildman–Crippen LogP) is 15.5. The summed E-state index contributed by atoms with van der Waals surface area (Å²) in [6, 6.07) is -0.741. The molecule has 1 aliphatic rings. The van der Waals surface area contributed by atoms with Gasteiger partial charge in [-0.15, -0.1) is 0 Å². The molecule has 7 unspecified atom stereocenters. The van der Waals surface area contributed by atoms with Gasteiger partial charge in [-0.3, -0.25) is 4.79 Å². The predicted molar refractivity (Wildman–Crippen MR) is 304 cm³/mol. The Morgan fingerprint density at radius 3 is 1.26 bits per heavy atom. The Labute approximate surface area is 443 Å². The van der Waals surface area contributed by atoms with E-state index in [4.69, 9.17) is 9.47 Å². The van der Waals surface area contributed by atoms with Gasteiger partial charge in [-0.2, -0.15) is 0 Å². The first kappa shape index (κ1) is 67.9. The summed E-state index contributed by atoms with van der Waals surface area (Å²) in [5, 5.41) is 54.7. The molecule has 7 atom stereocenters. The van der Waals surface area contributed by atoms with Gasteiger partial charge in [0.05, 0.1) is 25.4 Å². The monoisotopic (exact) mass is 1010 g/mol. The minimum Gasteiger partial charge on any atom is -0.394 e. The van der Waals surface area contributed by atoms with E-state index in [1.807, 2.05) is 0 Å². The van der Waals surface area contributed by atoms with Crippen LogP contribution in [0, 0.1) is 0 Å². The maximum absolute atomic E-state index is 13.1. The van der Waals surface area contributed by atoms with Gasteiger partial charge in [0.15, 0.2) is 6.29 Å². The molecule has 72 heavy (non-hydrogen) atoms. The third-order valence-corrected chi connectivity index (χ3v) is 14.4. The Morgan fingerprint density at radius 1 is 0.486 bits per heavy atom. The summed E-state index contributed by atoms with van der Waals surface area (Å²) in [6.45, 7) is 3.73. The van der Waals surface area contributed by atoms with Gasteiger partial charge in [0.25, 0.3) is 0 Å². The maximum atomic E-state index is 13.1. The minimum absolute atomic E-state index is 0.154. The molecular weight excluding hydrogens is 899 g/mol. The van der Waals surface area contributed by atoms with Crippen molar-refractivity contribution in [3.63, 3.8) is 0 Å². The van der Waals surface area contributed by atoms with Crippen LogP contribution in [0.4, 0.5) is 0 Å². The van der Waals surface area contributed by atoms with Crippen molar-refractivity contribution in [2.24, 2.45) is 0 Å². The van der Waals surface area contributed by atoms with Crippen molar-refractivity contribution in [2.75, 3.05) is 13.2 Å². The van der Waals surface area contributed by atoms with Crippen molar-refractivity contribution in [1.29, 1.82) is 0 Å². The number of carbonyl (C=O) groups excluding carboxylic acids is 1. The van der Waals surface area contributed by atoms with Crippen LogP contribution in [0.5, 0.6) is 0 Å². The molecule has 1 heterocycles. The van der Waals surface area contributed by atoms with E-state index in [1.165, 1.54) is 173 Å². The zero-order valence-corrected chi connectivity index (χ0v) is 46.7. The van der Waals surface area contributed by atoms with Gasteiger partial charge in [-0.1, -0.05) is 274 Å². The number of aliphatic hydroxyl groups excluding tert-OH is 5. The van der Waals surface area contributed by atoms with E-state index in [9.17, 15) is 30.3 Å². The molecule has 420 valence electrons. The summed E-state index contributed by atoms with van der Waals surface area (Å²) < 4.78 is 11.3. The van der Waals surface area contributed by atoms with Crippen molar-refractivity contribution in [3.05, 3.63) is 60.8 Å². The zero-order valence-electron chi connectivity index (χ0n) is 46.7. The molecule has 1 amide bonds. The minimum atomic E-state index is -1.56. The summed E-state index contributed by atoms with van der Waals surface area (Å²) in [4.78, 5) is 13.1. The van der Waals surface area contributed by atoms with Gasteiger partial charge in [0.2, 0.25) is 5.91 Å². The van der Waals surface area contributed by atoms with E-state index < -0.39 is 49.5 Å². The maximum Gasteiger partial charge on any atom is 0.220 e. The SMILES string of the molecule is CC/C=C\C/C=C\C/C=C\C/C=C\C/C=C\CCCCCC(=O)NC(COC1OC(CO)C(O)C(O)C1O)C(O)CCCCCCCCCCCCCCCCCCCCCCCCCCCCCCCC. The average molecular weight is 1010 g/mol. The van der Waals surface area contributed by atoms with Crippen LogP contribution in [0.15, 0.2) is 60.8 Å². The second-order valence-electron chi connectivity index (χ2n) is 21.1. The molecule has 0 spiro atoms. The molecule has 0 aromatic rings. The Kier molecular flexibility index (Phi) is 49.4. The van der Waals surface area contributed by atoms with Crippen molar-refractivity contribution in [1.82, 2.24) is 5.32 Å². The highest BCUT2D eigenvalue weighted by Crippen LogP contribution is 2.23. The van der Waals surface area contributed by atoms with E-state index in [-0.39, 0.29) is 12.5 Å². The molecule has 0 bridgehead atoms. The first-order valence-electron chi connectivity index (χ1n) is 30.5. The van der Waals surface area contributed by atoms with E-state index in [1.54, 1.807) is 0 Å². The second kappa shape index (κ2) is 52.3. The normalized spacial score (nSPS) is 19.6. The fourth-order valence-electron chi connectivity index (χ4n) is 9.60. The highest BCUT2D eigenvalue weighted by molar-refractivity contribution is 5.76. The molecule has 9 nitrogen and oxygen atoms in total. The highest BCUT2D eigenvalue weighted by atomic mass is 16.7. The largest absolute Gasteiger partial charge is 0.394 e. The topological polar surface area (TPSA) is 149 Å². The van der Waals surface area contributed by atoms with Crippen molar-refractivity contribution < 1.29 is 39.8 Å². The van der Waals surface area contributed by atoms with Gasteiger partial charge in [-0.25, -0.2) is 0 Å². The molecule has 9 heteroatoms. The molecule has 0 aromatic carbocycles. The van der Waals surface area contributed by atoms with Crippen LogP contribution in [0.2, 0.25) is 0 Å². The number of unbranched alkanes of at least 4 members (excludes halogenated alkanes) is 32. The molecule has 0 aromatic heterocycles. The summed E-state index contributed by atoms with van der Waals surface area (Å²) in [6.07, 6.45) is 64.1. The van der Waals surface area contributed by atoms with Gasteiger partial charge in [-0.05, 0) is 57.8 Å². The lowest BCUT2D eigenvalue weighted by molar-refractivity contribution is -0.302. The quantitative estimate of drug-likeness (QED) is 0.0261. The number of aliphatic hydroxyl groups is 5. The van der Waals surface area contributed by atoms with Crippen LogP contribution in [0.25, 0.3) is 0 Å². The van der Waals surface area contributed by atoms with Crippen molar-refractivity contribution in [2.45, 2.75) is 320 Å². The standard InChI is InChI=1S/C63H115NO8/c1-3-5-7-9-11-13-15-17-19-21-23-24-25-26-27-28-29-30-31-32-33-35-36-38-40-42-44-46-48-50-52-57(66)56(55-71-63-62(70)61(69)60(68)58(54-65)72-63)64-59(67)53-51-49-47-45-43-41-39-37-34-22-20-18-16-14-12-10-8-6-4-2/h6,8,12,14,18,20,34,37,41,43,56-58,60-63,65-66,68-70H,3-5,7,9-11,13,15-17,19,21-33,35-36,38-40,42,44-55H2,1-2H3,(H,64,67)/b8-6-,14-12-,20-18-,37-34-,43-41-. The Bertz CT molecular complexity index is 1310. The fraction of sp³-hybridized carbons (Fsp3) is 0.825. The molecule has 1 aliphatic heterocycles. The highest BCUT2D eigenvalue weighted by Gasteiger charge is 2.44. The van der Waals surface area contributed by atoms with Gasteiger partial charge >= 0.3 is 0 Å². The molecule has 0 radical (unpaired) electrons. The van der Waals surface area contributed by atoms with Crippen molar-refractivity contribution in [3.8, 4) is 0 Å². The fourth-order valence-corrected chi connectivity index (χ4v) is 9.60. The first-order chi connectivity index (χ1) is 35.3. The number of hydrogen-bond acceptors (Lipinski definition) is 8. The summed E-state index contributed by atoms with van der Waals surface area (Å²) in [5.74, 6) is -0.174. The van der Waals surface area contributed by atoms with Crippen LogP contribution >= 0.6 is 0 Å². The molecule has 0 saturated carbocycles. The van der Waals surface area contributed by atoms with Crippen molar-refractivity contribution >= 4 is 5.91 Å². The number of ether oxygens (including phenoxy) is 2. The third-order valence-electron chi connectivity index (χ3n) is 14.4. The Balaban J connectivity index is 2.17. The van der Waals surface area contributed by atoms with Crippen LogP contribution in [-0.2, 0) is 14.3 Å². The molecule has 1 fully saturated rings. The van der Waals surface area contributed by atoms with E-state index in [2.05, 4.69) is 79.9 Å². The van der Waals surface area contributed by atoms with Crippen LogP contribution in [0.1, 0.15) is 277 Å². The molecule has 0 aliphatic carbocycles. The molecule has 6 N–H and O–H groups in total. The lowest BCUT2D eigenvalue weighted by atomic mass is 9.99. The zero-order chi connectivity index (χ0) is 52.2. The van der Waals surface area contributed by atoms with Crippen LogP contribution in [-0.4, -0.2) is 87.5 Å². The summed E-state index contributed by atoms with van der Waals surface area (Å²) >= 11 is 0. The third kappa shape index (κ3) is 41.2. The van der Waals surface area contributed by atoms with E-state index in [0.29, 0.717) is 12.8 Å². The smallest absolute Gasteiger partial charge is 0.220 e. The van der Waals surface area contributed by atoms with Gasteiger partial charge in [0.1, 0.15) is 24.4 Å². The lowest BCUT2D eigenvalue weighted by Crippen LogP contribution is -2.60. The summed E-state index contributed by atoms with van der Waals surface area (Å²) in [7, 11) is 0. The number of rotatable bonds is 52. The van der Waals surface area contributed by atoms with Crippen LogP contribution in [0.3, 0.4) is 0 Å². The van der Waals surface area contributed by atoms with Gasteiger partial charge in [0, 0.05) is 6.42 Å². The first-order valence-corrected chi connectivity index (χ1v) is 30.5. The molecule has 1 saturated heterocycles.